The number of amides is 1. The van der Waals surface area contributed by atoms with E-state index in [1.807, 2.05) is 6.92 Å². The third-order valence-corrected chi connectivity index (χ3v) is 7.84. The van der Waals surface area contributed by atoms with Gasteiger partial charge in [0.1, 0.15) is 4.83 Å². The van der Waals surface area contributed by atoms with Crippen LogP contribution in [-0.4, -0.2) is 21.2 Å². The lowest BCUT2D eigenvalue weighted by molar-refractivity contribution is -0.113. The highest BCUT2D eigenvalue weighted by atomic mass is 35.5. The molecule has 5 nitrogen and oxygen atoms in total. The number of aryl methyl sites for hydroxylation is 2. The van der Waals surface area contributed by atoms with Crippen LogP contribution in [-0.2, 0) is 11.2 Å². The lowest BCUT2D eigenvalue weighted by Gasteiger charge is -2.13. The second-order valence-corrected chi connectivity index (χ2v) is 10.3. The van der Waals surface area contributed by atoms with Crippen molar-refractivity contribution >= 4 is 68.1 Å². The minimum Gasteiger partial charge on any atom is -0.324 e. The van der Waals surface area contributed by atoms with Gasteiger partial charge in [0.2, 0.25) is 5.91 Å². The van der Waals surface area contributed by atoms with Gasteiger partial charge in [-0.2, -0.15) is 0 Å². The van der Waals surface area contributed by atoms with E-state index in [1.165, 1.54) is 16.6 Å². The molecule has 2 heterocycles. The Morgan fingerprint density at radius 2 is 1.88 bits per heavy atom. The van der Waals surface area contributed by atoms with Crippen LogP contribution in [0.3, 0.4) is 0 Å². The fourth-order valence-corrected chi connectivity index (χ4v) is 5.91. The molecular weight excluding hydrogens is 497 g/mol. The summed E-state index contributed by atoms with van der Waals surface area (Å²) in [5.41, 5.74) is 2.02. The van der Waals surface area contributed by atoms with E-state index in [0.29, 0.717) is 36.8 Å². The summed E-state index contributed by atoms with van der Waals surface area (Å²) in [5.74, 6) is -0.165. The first-order valence-electron chi connectivity index (χ1n) is 10.4. The Morgan fingerprint density at radius 3 is 2.58 bits per heavy atom. The molecule has 1 amide bonds. The van der Waals surface area contributed by atoms with Gasteiger partial charge in [0.05, 0.1) is 27.5 Å². The maximum absolute atomic E-state index is 13.6. The van der Waals surface area contributed by atoms with Crippen LogP contribution < -0.4 is 10.9 Å². The largest absolute Gasteiger partial charge is 0.324 e. The maximum Gasteiger partial charge on any atom is 0.267 e. The van der Waals surface area contributed by atoms with Gasteiger partial charge in [-0.1, -0.05) is 60.4 Å². The molecule has 0 saturated heterocycles. The first-order chi connectivity index (χ1) is 15.9. The number of hydrogen-bond donors (Lipinski definition) is 1. The van der Waals surface area contributed by atoms with Crippen molar-refractivity contribution < 1.29 is 4.79 Å². The lowest BCUT2D eigenvalue weighted by Crippen LogP contribution is -2.22. The zero-order valence-electron chi connectivity index (χ0n) is 18.0. The Kier molecular flexibility index (Phi) is 7.44. The number of para-hydroxylation sites is 1. The number of thioether (sulfide) groups is 1. The molecule has 0 unspecified atom stereocenters. The number of carbonyl (C=O) groups excluding carboxylic acids is 1. The average Bonchev–Trinajstić information content (AvgIpc) is 3.10. The molecule has 0 radical (unpaired) electrons. The quantitative estimate of drug-likeness (QED) is 0.217. The molecule has 4 aromatic rings. The molecule has 33 heavy (non-hydrogen) atoms. The maximum atomic E-state index is 13.6. The standard InChI is InChI=1S/C24H21Cl2N3O2S2/c1-3-6-19-14(2)21-22(33-19)28-24(29(23(21)31)16-11-9-15(25)10-12-16)32-13-20(30)27-18-8-5-4-7-17(18)26/h4-5,7-12H,3,6,13H2,1-2H3,(H,27,30). The number of fused-ring (bicyclic) bond motifs is 1. The highest BCUT2D eigenvalue weighted by Gasteiger charge is 2.20. The van der Waals surface area contributed by atoms with E-state index in [2.05, 4.69) is 12.2 Å². The van der Waals surface area contributed by atoms with E-state index in [0.717, 1.165) is 18.4 Å². The number of hydrogen-bond acceptors (Lipinski definition) is 5. The molecule has 1 N–H and O–H groups in total. The van der Waals surface area contributed by atoms with Crippen molar-refractivity contribution in [3.63, 3.8) is 0 Å². The third kappa shape index (κ3) is 5.11. The Morgan fingerprint density at radius 1 is 1.15 bits per heavy atom. The molecule has 170 valence electrons. The smallest absolute Gasteiger partial charge is 0.267 e. The predicted molar refractivity (Wildman–Crippen MR) is 140 cm³/mol. The van der Waals surface area contributed by atoms with Crippen LogP contribution in [0.15, 0.2) is 58.5 Å². The van der Waals surface area contributed by atoms with E-state index < -0.39 is 0 Å². The summed E-state index contributed by atoms with van der Waals surface area (Å²) in [5, 5.41) is 4.93. The van der Waals surface area contributed by atoms with E-state index >= 15 is 0 Å². The van der Waals surface area contributed by atoms with Crippen LogP contribution in [0.2, 0.25) is 10.0 Å². The van der Waals surface area contributed by atoms with Gasteiger partial charge >= 0.3 is 0 Å². The summed E-state index contributed by atoms with van der Waals surface area (Å²) in [4.78, 5) is 32.9. The molecule has 0 fully saturated rings. The SMILES string of the molecule is CCCc1sc2nc(SCC(=O)Nc3ccccc3Cl)n(-c3ccc(Cl)cc3)c(=O)c2c1C. The molecule has 2 aromatic heterocycles. The van der Waals surface area contributed by atoms with Gasteiger partial charge in [-0.15, -0.1) is 11.3 Å². The Balaban J connectivity index is 1.73. The summed E-state index contributed by atoms with van der Waals surface area (Å²) < 4.78 is 1.56. The van der Waals surface area contributed by atoms with Gasteiger partial charge in [0.15, 0.2) is 5.16 Å². The molecule has 0 spiro atoms. The van der Waals surface area contributed by atoms with Crippen LogP contribution in [0.1, 0.15) is 23.8 Å². The monoisotopic (exact) mass is 517 g/mol. The van der Waals surface area contributed by atoms with E-state index in [-0.39, 0.29) is 17.2 Å². The van der Waals surface area contributed by atoms with Crippen molar-refractivity contribution in [1.29, 1.82) is 0 Å². The molecule has 0 aliphatic heterocycles. The van der Waals surface area contributed by atoms with Crippen LogP contribution in [0.4, 0.5) is 5.69 Å². The normalized spacial score (nSPS) is 11.2. The number of nitrogens with zero attached hydrogens (tertiary/aromatic N) is 2. The van der Waals surface area contributed by atoms with Crippen molar-refractivity contribution in [1.82, 2.24) is 9.55 Å². The van der Waals surface area contributed by atoms with Crippen molar-refractivity contribution in [3.05, 3.63) is 79.4 Å². The summed E-state index contributed by atoms with van der Waals surface area (Å²) in [6.07, 6.45) is 1.89. The van der Waals surface area contributed by atoms with Gasteiger partial charge in [0, 0.05) is 9.90 Å². The topological polar surface area (TPSA) is 64.0 Å². The zero-order valence-corrected chi connectivity index (χ0v) is 21.2. The second kappa shape index (κ2) is 10.3. The number of aromatic nitrogens is 2. The van der Waals surface area contributed by atoms with Crippen molar-refractivity contribution in [2.75, 3.05) is 11.1 Å². The predicted octanol–water partition coefficient (Wildman–Crippen LogP) is 6.75. The number of anilines is 1. The Hall–Kier alpha value is -2.32. The second-order valence-electron chi connectivity index (χ2n) is 7.41. The Bertz CT molecular complexity index is 1380. The number of rotatable bonds is 7. The van der Waals surface area contributed by atoms with Gasteiger partial charge in [-0.25, -0.2) is 4.98 Å². The number of thiophene rings is 1. The van der Waals surface area contributed by atoms with Crippen LogP contribution in [0.25, 0.3) is 15.9 Å². The van der Waals surface area contributed by atoms with Gasteiger partial charge in [-0.3, -0.25) is 14.2 Å². The van der Waals surface area contributed by atoms with E-state index in [9.17, 15) is 9.59 Å². The first-order valence-corrected chi connectivity index (χ1v) is 12.9. The summed E-state index contributed by atoms with van der Waals surface area (Å²) in [7, 11) is 0. The summed E-state index contributed by atoms with van der Waals surface area (Å²) >= 11 is 15.0. The van der Waals surface area contributed by atoms with Crippen molar-refractivity contribution in [3.8, 4) is 5.69 Å². The minimum absolute atomic E-state index is 0.0724. The molecule has 9 heteroatoms. The van der Waals surface area contributed by atoms with E-state index in [1.54, 1.807) is 64.4 Å². The van der Waals surface area contributed by atoms with E-state index in [4.69, 9.17) is 28.2 Å². The fraction of sp³-hybridized carbons (Fsp3) is 0.208. The molecule has 4 rings (SSSR count). The number of halogens is 2. The van der Waals surface area contributed by atoms with Crippen LogP contribution in [0, 0.1) is 6.92 Å². The minimum atomic E-state index is -0.237. The van der Waals surface area contributed by atoms with Crippen LogP contribution in [0.5, 0.6) is 0 Å². The molecule has 2 aromatic carbocycles. The molecule has 0 aliphatic rings. The summed E-state index contributed by atoms with van der Waals surface area (Å²) in [6, 6.07) is 14.1. The Labute approximate surface area is 209 Å². The number of carbonyl (C=O) groups is 1. The molecule has 0 aliphatic carbocycles. The molecule has 0 bridgehead atoms. The van der Waals surface area contributed by atoms with Crippen molar-refractivity contribution in [2.45, 2.75) is 31.8 Å². The highest BCUT2D eigenvalue weighted by Crippen LogP contribution is 2.31. The lowest BCUT2D eigenvalue weighted by atomic mass is 10.1. The van der Waals surface area contributed by atoms with Crippen LogP contribution >= 0.6 is 46.3 Å². The first kappa shape index (κ1) is 23.8. The summed E-state index contributed by atoms with van der Waals surface area (Å²) in [6.45, 7) is 4.09. The molecule has 0 saturated carbocycles. The zero-order chi connectivity index (χ0) is 23.5. The number of benzene rings is 2. The average molecular weight is 518 g/mol. The number of nitrogens with one attached hydrogen (secondary N) is 1. The van der Waals surface area contributed by atoms with Crippen molar-refractivity contribution in [2.24, 2.45) is 0 Å². The fourth-order valence-electron chi connectivity index (χ4n) is 3.47. The highest BCUT2D eigenvalue weighted by molar-refractivity contribution is 7.99. The van der Waals surface area contributed by atoms with Gasteiger partial charge < -0.3 is 5.32 Å². The van der Waals surface area contributed by atoms with Gasteiger partial charge in [-0.05, 0) is 55.3 Å². The third-order valence-electron chi connectivity index (χ3n) is 5.07. The molecular formula is C24H21Cl2N3O2S2. The molecule has 0 atom stereocenters. The van der Waals surface area contributed by atoms with Gasteiger partial charge in [0.25, 0.3) is 5.56 Å².